The van der Waals surface area contributed by atoms with Crippen LogP contribution in [-0.4, -0.2) is 171 Å². The molecule has 2 bridgehead atoms. The number of carbonyl (C=O) groups excluding carboxylic acids is 7. The number of methoxy groups -OCH3 is 2. The molecule has 4 aliphatic rings. The molecule has 0 unspecified atom stereocenters. The van der Waals surface area contributed by atoms with E-state index in [1.807, 2.05) is 65.1 Å². The number of carbonyl (C=O) groups is 7. The Labute approximate surface area is 391 Å². The molecule has 2 saturated heterocycles. The zero-order chi connectivity index (χ0) is 48.2. The number of nitrogens with one attached hydrogen (secondary N) is 3. The first-order valence-corrected chi connectivity index (χ1v) is 23.9. The molecular formula is C49H75N7O10. The first kappa shape index (κ1) is 52.3. The summed E-state index contributed by atoms with van der Waals surface area (Å²) in [7, 11) is 6.81. The number of likely N-dealkylation sites (N-methyl/N-ethyl adjacent to an activating group) is 2. The number of benzene rings is 1. The molecule has 1 aromatic carbocycles. The number of likely N-dealkylation sites (tertiary alicyclic amines) is 2. The van der Waals surface area contributed by atoms with Crippen molar-refractivity contribution in [1.29, 1.82) is 0 Å². The molecule has 3 heterocycles. The van der Waals surface area contributed by atoms with E-state index in [1.54, 1.807) is 30.9 Å². The minimum atomic E-state index is -0.936. The molecule has 3 N–H and O–H groups in total. The molecule has 3 aliphatic heterocycles. The Balaban J connectivity index is 1.21. The van der Waals surface area contributed by atoms with Gasteiger partial charge in [-0.05, 0) is 62.5 Å². The first-order chi connectivity index (χ1) is 31.5. The van der Waals surface area contributed by atoms with Gasteiger partial charge in [0.1, 0.15) is 12.1 Å². The predicted octanol–water partition coefficient (Wildman–Crippen LogP) is 2.32. The fourth-order valence-electron chi connectivity index (χ4n) is 10.5. The number of ether oxygens (including phenoxy) is 3. The summed E-state index contributed by atoms with van der Waals surface area (Å²) in [6, 6.07) is 6.88. The molecule has 0 radical (unpaired) electrons. The number of rotatable bonds is 25. The van der Waals surface area contributed by atoms with Crippen molar-refractivity contribution < 1.29 is 47.8 Å². The topological polar surface area (TPSA) is 196 Å². The maximum atomic E-state index is 14.4. The van der Waals surface area contributed by atoms with Gasteiger partial charge in [0.05, 0.1) is 62.4 Å². The highest BCUT2D eigenvalue weighted by Gasteiger charge is 2.49. The van der Waals surface area contributed by atoms with Crippen molar-refractivity contribution in [3.63, 3.8) is 0 Å². The Morgan fingerprint density at radius 1 is 0.894 bits per heavy atom. The SMILES string of the molecule is CC[C@H](C)[C@@H]([C@@H](CC(=O)N1CCC[C@H]1[C@H](OC)[C@@H](C)C(=O)N[C@@H](Cc1ccccc1)C(=O)NCCOCCN1C(=O)C=CC1=O)OC)N(C)C(=O)[C@@H](NC(=O)[C@@H]1[C@H]2CC[C@H](C2)N1C)C(C)C. The minimum absolute atomic E-state index is 0.0139. The molecule has 17 heteroatoms. The average Bonchev–Trinajstić information content (AvgIpc) is 4.12. The highest BCUT2D eigenvalue weighted by Crippen LogP contribution is 2.41. The van der Waals surface area contributed by atoms with Gasteiger partial charge in [0.15, 0.2) is 0 Å². The number of hydrogen-bond acceptors (Lipinski definition) is 11. The monoisotopic (exact) mass is 922 g/mol. The predicted molar refractivity (Wildman–Crippen MR) is 247 cm³/mol. The lowest BCUT2D eigenvalue weighted by atomic mass is 9.89. The van der Waals surface area contributed by atoms with Crippen LogP contribution < -0.4 is 16.0 Å². The van der Waals surface area contributed by atoms with Gasteiger partial charge in [-0.15, -0.1) is 0 Å². The van der Waals surface area contributed by atoms with Crippen molar-refractivity contribution in [3.05, 3.63) is 48.0 Å². The van der Waals surface area contributed by atoms with Crippen LogP contribution in [0.5, 0.6) is 0 Å². The first-order valence-electron chi connectivity index (χ1n) is 23.9. The largest absolute Gasteiger partial charge is 0.379 e. The summed E-state index contributed by atoms with van der Waals surface area (Å²) >= 11 is 0. The van der Waals surface area contributed by atoms with Crippen LogP contribution in [-0.2, 0) is 54.2 Å². The molecule has 5 rings (SSSR count). The van der Waals surface area contributed by atoms with Crippen LogP contribution in [0, 0.1) is 23.7 Å². The standard InChI is InChI=1S/C49H75N7O10/c1-10-31(4)43(54(7)49(63)42(30(2)3)52-48(62)44-34-18-19-35(28-34)53(44)6)38(64-8)29-41(59)55-23-14-17-37(55)45(65-9)32(5)46(60)51-36(27-33-15-12-11-13-16-33)47(61)50-22-25-66-26-24-56-39(57)20-21-40(56)58/h11-13,15-16,20-21,30-32,34-38,42-45H,10,14,17-19,22-29H2,1-9H3,(H,50,61)(H,51,60)(H,52,62)/t31-,32+,34-,35+,36-,37-,38+,42-,43-,44-,45+/m0/s1. The highest BCUT2D eigenvalue weighted by molar-refractivity contribution is 6.12. The Morgan fingerprint density at radius 2 is 1.59 bits per heavy atom. The smallest absolute Gasteiger partial charge is 0.253 e. The van der Waals surface area contributed by atoms with Gasteiger partial charge >= 0.3 is 0 Å². The second-order valence-corrected chi connectivity index (χ2v) is 19.0. The summed E-state index contributed by atoms with van der Waals surface area (Å²) in [5.41, 5.74) is 0.843. The van der Waals surface area contributed by atoms with E-state index < -0.39 is 65.9 Å². The third-order valence-electron chi connectivity index (χ3n) is 14.5. The average molecular weight is 922 g/mol. The van der Waals surface area contributed by atoms with Crippen molar-refractivity contribution >= 4 is 41.4 Å². The summed E-state index contributed by atoms with van der Waals surface area (Å²) < 4.78 is 17.7. The molecule has 1 aliphatic carbocycles. The van der Waals surface area contributed by atoms with Crippen LogP contribution in [0.15, 0.2) is 42.5 Å². The second-order valence-electron chi connectivity index (χ2n) is 19.0. The molecule has 11 atom stereocenters. The lowest BCUT2D eigenvalue weighted by Crippen LogP contribution is -2.60. The van der Waals surface area contributed by atoms with Crippen LogP contribution in [0.2, 0.25) is 0 Å². The summed E-state index contributed by atoms with van der Waals surface area (Å²) in [5.74, 6) is -2.82. The summed E-state index contributed by atoms with van der Waals surface area (Å²) in [4.78, 5) is 101. The van der Waals surface area contributed by atoms with Gasteiger partial charge in [-0.3, -0.25) is 43.4 Å². The third-order valence-corrected chi connectivity index (χ3v) is 14.5. The van der Waals surface area contributed by atoms with Gasteiger partial charge in [0.2, 0.25) is 29.5 Å². The third kappa shape index (κ3) is 12.6. The number of amides is 7. The quantitative estimate of drug-likeness (QED) is 0.0963. The van der Waals surface area contributed by atoms with E-state index in [1.165, 1.54) is 19.3 Å². The molecule has 3 fully saturated rings. The summed E-state index contributed by atoms with van der Waals surface area (Å²) in [6.45, 7) is 10.6. The van der Waals surface area contributed by atoms with Gasteiger partial charge in [-0.2, -0.15) is 0 Å². The van der Waals surface area contributed by atoms with E-state index in [-0.39, 0.29) is 74.7 Å². The lowest BCUT2D eigenvalue weighted by molar-refractivity contribution is -0.148. The van der Waals surface area contributed by atoms with Crippen LogP contribution in [0.3, 0.4) is 0 Å². The van der Waals surface area contributed by atoms with E-state index in [4.69, 9.17) is 14.2 Å². The summed E-state index contributed by atoms with van der Waals surface area (Å²) in [6.07, 6.45) is 6.41. The van der Waals surface area contributed by atoms with E-state index in [9.17, 15) is 33.6 Å². The molecule has 0 aromatic heterocycles. The molecule has 1 aromatic rings. The van der Waals surface area contributed by atoms with Crippen LogP contribution >= 0.6 is 0 Å². The number of hydrogen-bond donors (Lipinski definition) is 3. The van der Waals surface area contributed by atoms with E-state index >= 15 is 0 Å². The zero-order valence-electron chi connectivity index (χ0n) is 40.5. The van der Waals surface area contributed by atoms with Crippen molar-refractivity contribution in [3.8, 4) is 0 Å². The van der Waals surface area contributed by atoms with Crippen LogP contribution in [0.1, 0.15) is 85.1 Å². The molecular weight excluding hydrogens is 847 g/mol. The minimum Gasteiger partial charge on any atom is -0.379 e. The number of piperidine rings is 1. The van der Waals surface area contributed by atoms with E-state index in [2.05, 4.69) is 20.9 Å². The molecule has 366 valence electrons. The molecule has 66 heavy (non-hydrogen) atoms. The molecule has 17 nitrogen and oxygen atoms in total. The number of imide groups is 1. The maximum absolute atomic E-state index is 14.4. The number of nitrogens with zero attached hydrogens (tertiary/aromatic N) is 4. The Kier molecular flexibility index (Phi) is 19.3. The fraction of sp³-hybridized carbons (Fsp3) is 0.694. The summed E-state index contributed by atoms with van der Waals surface area (Å²) in [5, 5.41) is 8.91. The van der Waals surface area contributed by atoms with Crippen molar-refractivity contribution in [1.82, 2.24) is 35.6 Å². The normalized spacial score (nSPS) is 23.7. The van der Waals surface area contributed by atoms with Crippen molar-refractivity contribution in [2.75, 3.05) is 61.2 Å². The van der Waals surface area contributed by atoms with Crippen LogP contribution in [0.4, 0.5) is 0 Å². The lowest BCUT2D eigenvalue weighted by Gasteiger charge is -2.41. The van der Waals surface area contributed by atoms with Gasteiger partial charge in [0, 0.05) is 59.0 Å². The van der Waals surface area contributed by atoms with Crippen LogP contribution in [0.25, 0.3) is 0 Å². The maximum Gasteiger partial charge on any atom is 0.253 e. The van der Waals surface area contributed by atoms with Crippen molar-refractivity contribution in [2.24, 2.45) is 23.7 Å². The molecule has 1 saturated carbocycles. The Morgan fingerprint density at radius 3 is 2.20 bits per heavy atom. The van der Waals surface area contributed by atoms with Gasteiger partial charge in [-0.1, -0.05) is 71.4 Å². The van der Waals surface area contributed by atoms with E-state index in [0.29, 0.717) is 31.3 Å². The van der Waals surface area contributed by atoms with Gasteiger partial charge < -0.3 is 40.0 Å². The van der Waals surface area contributed by atoms with E-state index in [0.717, 1.165) is 36.1 Å². The number of fused-ring (bicyclic) bond motifs is 2. The van der Waals surface area contributed by atoms with Crippen molar-refractivity contribution in [2.45, 2.75) is 134 Å². The molecule has 7 amide bonds. The molecule has 0 spiro atoms. The second kappa shape index (κ2) is 24.4. The zero-order valence-corrected chi connectivity index (χ0v) is 40.5. The fourth-order valence-corrected chi connectivity index (χ4v) is 10.5. The Bertz CT molecular complexity index is 1860. The Hall–Kier alpha value is -4.71. The highest BCUT2D eigenvalue weighted by atomic mass is 16.5. The van der Waals surface area contributed by atoms with Gasteiger partial charge in [-0.25, -0.2) is 0 Å². The van der Waals surface area contributed by atoms with Gasteiger partial charge in [0.25, 0.3) is 11.8 Å².